The highest BCUT2D eigenvalue weighted by Crippen LogP contribution is 2.36. The molecule has 0 saturated heterocycles. The van der Waals surface area contributed by atoms with Crippen LogP contribution in [0.25, 0.3) is 0 Å². The minimum Gasteiger partial charge on any atom is -0.508 e. The predicted molar refractivity (Wildman–Crippen MR) is 77.0 cm³/mol. The smallest absolute Gasteiger partial charge is 0.320 e. The molecule has 8 nitrogen and oxygen atoms in total. The van der Waals surface area contributed by atoms with E-state index in [1.54, 1.807) is 0 Å². The quantitative estimate of drug-likeness (QED) is 0.416. The fraction of sp³-hybridized carbons (Fsp3) is 0.500. The molecule has 1 aliphatic rings. The standard InChI is InChI=1S/C14H20N2O6/c15-9(12(19)20)1-2-11(18)14(7-10(16)13(21)22)5-3-8(17)4-6-14/h3-5,9-10,17H,1-2,6-7,15-16H2,(H,19,20)(H,21,22). The van der Waals surface area contributed by atoms with Crippen LogP contribution in [0.1, 0.15) is 25.7 Å². The number of nitrogens with two attached hydrogens (primary N) is 2. The lowest BCUT2D eigenvalue weighted by Gasteiger charge is -2.32. The molecular weight excluding hydrogens is 292 g/mol. The summed E-state index contributed by atoms with van der Waals surface area (Å²) >= 11 is 0. The number of aliphatic hydroxyl groups is 1. The summed E-state index contributed by atoms with van der Waals surface area (Å²) in [6.07, 6.45) is 3.96. The first kappa shape index (κ1) is 17.9. The minimum atomic E-state index is -1.24. The highest BCUT2D eigenvalue weighted by Gasteiger charge is 2.39. The highest BCUT2D eigenvalue weighted by molar-refractivity contribution is 5.89. The molecule has 0 spiro atoms. The van der Waals surface area contributed by atoms with E-state index in [1.165, 1.54) is 18.2 Å². The molecule has 0 aromatic carbocycles. The summed E-state index contributed by atoms with van der Waals surface area (Å²) in [5, 5.41) is 27.0. The van der Waals surface area contributed by atoms with Crippen LogP contribution < -0.4 is 11.5 Å². The maximum Gasteiger partial charge on any atom is 0.320 e. The Kier molecular flexibility index (Phi) is 5.84. The van der Waals surface area contributed by atoms with Crippen LogP contribution in [0.5, 0.6) is 0 Å². The normalized spacial score (nSPS) is 23.5. The number of carboxylic acid groups (broad SMARTS) is 2. The van der Waals surface area contributed by atoms with Crippen molar-refractivity contribution in [2.75, 3.05) is 0 Å². The Hall–Kier alpha value is -2.19. The summed E-state index contributed by atoms with van der Waals surface area (Å²) in [5.74, 6) is -2.81. The molecule has 122 valence electrons. The lowest BCUT2D eigenvalue weighted by Crippen LogP contribution is -2.41. The topological polar surface area (TPSA) is 164 Å². The van der Waals surface area contributed by atoms with Gasteiger partial charge in [0.1, 0.15) is 23.6 Å². The first-order valence-electron chi connectivity index (χ1n) is 6.76. The molecular formula is C14H20N2O6. The fourth-order valence-electron chi connectivity index (χ4n) is 2.28. The van der Waals surface area contributed by atoms with Gasteiger partial charge in [0.05, 0.1) is 5.41 Å². The number of Topliss-reactive ketones (excluding diaryl/α,β-unsaturated/α-hetero) is 1. The van der Waals surface area contributed by atoms with Crippen molar-refractivity contribution in [3.05, 3.63) is 24.0 Å². The SMILES string of the molecule is NC(CCC(=O)C1(CC(N)C(=O)O)C=CC(O)=CC1)C(=O)O. The molecule has 22 heavy (non-hydrogen) atoms. The van der Waals surface area contributed by atoms with Crippen molar-refractivity contribution in [3.8, 4) is 0 Å². The van der Waals surface area contributed by atoms with Crippen LogP contribution in [-0.2, 0) is 14.4 Å². The minimum absolute atomic E-state index is 0.0189. The fourth-order valence-corrected chi connectivity index (χ4v) is 2.28. The molecule has 0 fully saturated rings. The number of carbonyl (C=O) groups excluding carboxylic acids is 1. The van der Waals surface area contributed by atoms with Gasteiger partial charge in [0.25, 0.3) is 0 Å². The van der Waals surface area contributed by atoms with E-state index in [1.807, 2.05) is 0 Å². The first-order valence-corrected chi connectivity index (χ1v) is 6.76. The second-order valence-corrected chi connectivity index (χ2v) is 5.38. The Balaban J connectivity index is 2.87. The zero-order valence-corrected chi connectivity index (χ0v) is 11.9. The summed E-state index contributed by atoms with van der Waals surface area (Å²) in [6.45, 7) is 0. The number of rotatable bonds is 8. The lowest BCUT2D eigenvalue weighted by molar-refractivity contribution is -0.140. The van der Waals surface area contributed by atoms with Gasteiger partial charge in [-0.25, -0.2) is 0 Å². The van der Waals surface area contributed by atoms with E-state index in [0.717, 1.165) is 0 Å². The first-order chi connectivity index (χ1) is 10.2. The van der Waals surface area contributed by atoms with Crippen LogP contribution in [0.15, 0.2) is 24.0 Å². The average Bonchev–Trinajstić information content (AvgIpc) is 2.46. The van der Waals surface area contributed by atoms with Crippen molar-refractivity contribution in [1.82, 2.24) is 0 Å². The zero-order valence-electron chi connectivity index (χ0n) is 11.9. The molecule has 1 aliphatic carbocycles. The number of carbonyl (C=O) groups is 3. The summed E-state index contributed by atoms with van der Waals surface area (Å²) in [7, 11) is 0. The van der Waals surface area contributed by atoms with Crippen molar-refractivity contribution in [2.24, 2.45) is 16.9 Å². The number of hydrogen-bond acceptors (Lipinski definition) is 6. The molecule has 0 saturated carbocycles. The van der Waals surface area contributed by atoms with Gasteiger partial charge >= 0.3 is 11.9 Å². The van der Waals surface area contributed by atoms with E-state index in [-0.39, 0.29) is 37.2 Å². The lowest BCUT2D eigenvalue weighted by atomic mass is 9.71. The van der Waals surface area contributed by atoms with Crippen LogP contribution >= 0.6 is 0 Å². The van der Waals surface area contributed by atoms with Crippen molar-refractivity contribution in [2.45, 2.75) is 37.8 Å². The van der Waals surface area contributed by atoms with E-state index in [4.69, 9.17) is 21.7 Å². The predicted octanol–water partition coefficient (Wildman–Crippen LogP) is -0.0622. The molecule has 3 atom stereocenters. The van der Waals surface area contributed by atoms with Gasteiger partial charge in [-0.1, -0.05) is 6.08 Å². The van der Waals surface area contributed by atoms with E-state index in [2.05, 4.69) is 0 Å². The van der Waals surface area contributed by atoms with Crippen LogP contribution in [0.2, 0.25) is 0 Å². The summed E-state index contributed by atoms with van der Waals surface area (Å²) in [4.78, 5) is 34.1. The summed E-state index contributed by atoms with van der Waals surface area (Å²) in [6, 6.07) is -2.40. The highest BCUT2D eigenvalue weighted by atomic mass is 16.4. The molecule has 1 rings (SSSR count). The van der Waals surface area contributed by atoms with Gasteiger partial charge in [-0.2, -0.15) is 0 Å². The number of ketones is 1. The Labute approximate surface area is 127 Å². The van der Waals surface area contributed by atoms with Crippen LogP contribution in [0, 0.1) is 5.41 Å². The second kappa shape index (κ2) is 7.19. The maximum atomic E-state index is 12.5. The second-order valence-electron chi connectivity index (χ2n) is 5.38. The van der Waals surface area contributed by atoms with Gasteiger partial charge in [0.2, 0.25) is 0 Å². The third-order valence-corrected chi connectivity index (χ3v) is 3.70. The van der Waals surface area contributed by atoms with Crippen LogP contribution in [0.4, 0.5) is 0 Å². The van der Waals surface area contributed by atoms with Gasteiger partial charge in [0, 0.05) is 6.42 Å². The average molecular weight is 312 g/mol. The third-order valence-electron chi connectivity index (χ3n) is 3.70. The molecule has 8 heteroatoms. The van der Waals surface area contributed by atoms with Gasteiger partial charge in [-0.3, -0.25) is 14.4 Å². The molecule has 0 radical (unpaired) electrons. The summed E-state index contributed by atoms with van der Waals surface area (Å²) in [5.41, 5.74) is 9.73. The molecule has 0 bridgehead atoms. The Bertz CT molecular complexity index is 527. The largest absolute Gasteiger partial charge is 0.508 e. The van der Waals surface area contributed by atoms with Gasteiger partial charge in [-0.15, -0.1) is 0 Å². The summed E-state index contributed by atoms with van der Waals surface area (Å²) < 4.78 is 0. The molecule has 0 aromatic heterocycles. The van der Waals surface area contributed by atoms with Crippen molar-refractivity contribution in [1.29, 1.82) is 0 Å². The van der Waals surface area contributed by atoms with Gasteiger partial charge in [-0.05, 0) is 31.4 Å². The van der Waals surface area contributed by atoms with E-state index < -0.39 is 29.4 Å². The monoisotopic (exact) mass is 312 g/mol. The number of hydrogen-bond donors (Lipinski definition) is 5. The molecule has 0 heterocycles. The van der Waals surface area contributed by atoms with E-state index in [0.29, 0.717) is 0 Å². The third kappa shape index (κ3) is 4.40. The van der Waals surface area contributed by atoms with Crippen molar-refractivity contribution in [3.63, 3.8) is 0 Å². The molecule has 3 unspecified atom stereocenters. The van der Waals surface area contributed by atoms with Crippen molar-refractivity contribution >= 4 is 17.7 Å². The van der Waals surface area contributed by atoms with E-state index >= 15 is 0 Å². The van der Waals surface area contributed by atoms with Gasteiger partial charge in [0.15, 0.2) is 0 Å². The molecule has 0 aromatic rings. The number of aliphatic carboxylic acids is 2. The molecule has 0 aliphatic heterocycles. The molecule has 7 N–H and O–H groups in total. The van der Waals surface area contributed by atoms with Crippen LogP contribution in [0.3, 0.4) is 0 Å². The number of allylic oxidation sites excluding steroid dienone is 3. The zero-order chi connectivity index (χ0) is 16.9. The van der Waals surface area contributed by atoms with Gasteiger partial charge < -0.3 is 26.8 Å². The Morgan fingerprint density at radius 3 is 2.23 bits per heavy atom. The Morgan fingerprint density at radius 1 is 1.18 bits per heavy atom. The molecule has 0 amide bonds. The van der Waals surface area contributed by atoms with Crippen molar-refractivity contribution < 1.29 is 29.7 Å². The van der Waals surface area contributed by atoms with Crippen LogP contribution in [-0.4, -0.2) is 45.1 Å². The number of aliphatic hydroxyl groups excluding tert-OH is 1. The number of carboxylic acids is 2. The maximum absolute atomic E-state index is 12.5. The Morgan fingerprint density at radius 2 is 1.77 bits per heavy atom. The van der Waals surface area contributed by atoms with E-state index in [9.17, 15) is 19.5 Å².